The van der Waals surface area contributed by atoms with Gasteiger partial charge in [-0.2, -0.15) is 0 Å². The fourth-order valence-corrected chi connectivity index (χ4v) is 4.38. The van der Waals surface area contributed by atoms with Gasteiger partial charge >= 0.3 is 0 Å². The highest BCUT2D eigenvalue weighted by atomic mass is 16.5. The van der Waals surface area contributed by atoms with E-state index in [-0.39, 0.29) is 29.2 Å². The van der Waals surface area contributed by atoms with Crippen LogP contribution in [-0.2, 0) is 9.53 Å². The highest BCUT2D eigenvalue weighted by molar-refractivity contribution is 5.80. The van der Waals surface area contributed by atoms with Crippen LogP contribution in [-0.4, -0.2) is 47.1 Å². The summed E-state index contributed by atoms with van der Waals surface area (Å²) in [6, 6.07) is -0.142. The van der Waals surface area contributed by atoms with Crippen LogP contribution in [0.25, 0.3) is 0 Å². The minimum atomic E-state index is -0.300. The summed E-state index contributed by atoms with van der Waals surface area (Å²) < 4.78 is 10.7. The summed E-state index contributed by atoms with van der Waals surface area (Å²) in [6.45, 7) is 1.43. The van der Waals surface area contributed by atoms with Crippen LogP contribution < -0.4 is 10.3 Å². The van der Waals surface area contributed by atoms with Crippen LogP contribution in [0.2, 0.25) is 0 Å². The second-order valence-corrected chi connectivity index (χ2v) is 6.99. The lowest BCUT2D eigenvalue weighted by molar-refractivity contribution is -0.139. The molecule has 1 saturated carbocycles. The molecule has 1 amide bonds. The first kappa shape index (κ1) is 15.6. The molecule has 2 saturated heterocycles. The predicted molar refractivity (Wildman–Crippen MR) is 85.7 cm³/mol. The maximum Gasteiger partial charge on any atom is 0.293 e. The van der Waals surface area contributed by atoms with Crippen LogP contribution >= 0.6 is 0 Å². The molecule has 2 bridgehead atoms. The van der Waals surface area contributed by atoms with E-state index in [4.69, 9.17) is 9.47 Å². The Hall–Kier alpha value is -1.89. The molecular weight excluding hydrogens is 310 g/mol. The number of carbonyl (C=O) groups excluding carboxylic acids is 1. The van der Waals surface area contributed by atoms with Crippen LogP contribution in [0.3, 0.4) is 0 Å². The monoisotopic (exact) mass is 333 g/mol. The molecule has 130 valence electrons. The number of nitrogens with one attached hydrogen (secondary N) is 1. The highest BCUT2D eigenvalue weighted by Gasteiger charge is 2.44. The van der Waals surface area contributed by atoms with Gasteiger partial charge in [0.2, 0.25) is 11.7 Å². The number of nitrogens with zero attached hydrogens (tertiary/aromatic N) is 2. The Kier molecular flexibility index (Phi) is 4.04. The number of H-pyrrole nitrogens is 1. The molecule has 4 rings (SSSR count). The summed E-state index contributed by atoms with van der Waals surface area (Å²) in [5.41, 5.74) is -0.300. The van der Waals surface area contributed by atoms with Crippen molar-refractivity contribution in [2.75, 3.05) is 20.3 Å². The zero-order chi connectivity index (χ0) is 16.7. The quantitative estimate of drug-likeness (QED) is 0.900. The second-order valence-electron chi connectivity index (χ2n) is 6.99. The van der Waals surface area contributed by atoms with E-state index in [2.05, 4.69) is 9.97 Å². The molecule has 1 unspecified atom stereocenters. The summed E-state index contributed by atoms with van der Waals surface area (Å²) in [6.07, 6.45) is 6.44. The van der Waals surface area contributed by atoms with E-state index in [0.717, 1.165) is 38.6 Å². The molecular formula is C17H23N3O4. The second kappa shape index (κ2) is 6.20. The maximum atomic E-state index is 13.1. The molecule has 4 atom stereocenters. The molecule has 0 radical (unpaired) electrons. The topological polar surface area (TPSA) is 84.5 Å². The van der Waals surface area contributed by atoms with Gasteiger partial charge in [-0.15, -0.1) is 0 Å². The van der Waals surface area contributed by atoms with Crippen LogP contribution in [0, 0.1) is 11.8 Å². The number of hydrogen-bond donors (Lipinski definition) is 1. The Morgan fingerprint density at radius 1 is 1.42 bits per heavy atom. The highest BCUT2D eigenvalue weighted by Crippen LogP contribution is 2.41. The first-order chi connectivity index (χ1) is 11.7. The summed E-state index contributed by atoms with van der Waals surface area (Å²) in [4.78, 5) is 34.1. The number of carbonyl (C=O) groups is 1. The molecule has 7 nitrogen and oxygen atoms in total. The Morgan fingerprint density at radius 3 is 3.08 bits per heavy atom. The third-order valence-corrected chi connectivity index (χ3v) is 5.66. The van der Waals surface area contributed by atoms with Crippen LogP contribution in [0.4, 0.5) is 0 Å². The molecule has 1 aliphatic carbocycles. The molecule has 7 heteroatoms. The van der Waals surface area contributed by atoms with E-state index in [9.17, 15) is 9.59 Å². The number of hydrogen-bond acceptors (Lipinski definition) is 5. The van der Waals surface area contributed by atoms with Crippen molar-refractivity contribution >= 4 is 5.91 Å². The Balaban J connectivity index is 1.55. The van der Waals surface area contributed by atoms with Crippen molar-refractivity contribution in [2.24, 2.45) is 11.8 Å². The van der Waals surface area contributed by atoms with Crippen molar-refractivity contribution in [3.05, 3.63) is 22.4 Å². The summed E-state index contributed by atoms with van der Waals surface area (Å²) in [7, 11) is 1.44. The SMILES string of the molecule is COc1cnc(C2CCCN2C(=O)[C@@H]2CC[C@H]3C[C@@H]2CO3)[nH]c1=O. The van der Waals surface area contributed by atoms with Gasteiger partial charge in [0.05, 0.1) is 32.1 Å². The fraction of sp³-hybridized carbons (Fsp3) is 0.706. The average molecular weight is 333 g/mol. The summed E-state index contributed by atoms with van der Waals surface area (Å²) in [5.74, 6) is 1.35. The molecule has 1 aromatic heterocycles. The number of methoxy groups -OCH3 is 1. The number of likely N-dealkylation sites (tertiary alicyclic amines) is 1. The summed E-state index contributed by atoms with van der Waals surface area (Å²) >= 11 is 0. The number of rotatable bonds is 3. The van der Waals surface area contributed by atoms with Crippen molar-refractivity contribution in [1.82, 2.24) is 14.9 Å². The van der Waals surface area contributed by atoms with Crippen molar-refractivity contribution in [1.29, 1.82) is 0 Å². The molecule has 24 heavy (non-hydrogen) atoms. The number of fused-ring (bicyclic) bond motifs is 2. The van der Waals surface area contributed by atoms with E-state index in [0.29, 0.717) is 24.5 Å². The maximum absolute atomic E-state index is 13.1. The van der Waals surface area contributed by atoms with Gasteiger partial charge in [0.1, 0.15) is 5.82 Å². The molecule has 3 fully saturated rings. The lowest BCUT2D eigenvalue weighted by atomic mass is 9.79. The van der Waals surface area contributed by atoms with Gasteiger partial charge in [-0.05, 0) is 38.0 Å². The molecule has 3 heterocycles. The van der Waals surface area contributed by atoms with Gasteiger partial charge in [0.15, 0.2) is 0 Å². The van der Waals surface area contributed by atoms with Gasteiger partial charge in [-0.3, -0.25) is 9.59 Å². The van der Waals surface area contributed by atoms with E-state index >= 15 is 0 Å². The van der Waals surface area contributed by atoms with Crippen LogP contribution in [0.15, 0.2) is 11.0 Å². The lowest BCUT2D eigenvalue weighted by Gasteiger charge is -2.32. The van der Waals surface area contributed by atoms with Gasteiger partial charge in [-0.25, -0.2) is 4.98 Å². The third-order valence-electron chi connectivity index (χ3n) is 5.66. The van der Waals surface area contributed by atoms with Crippen molar-refractivity contribution in [2.45, 2.75) is 44.2 Å². The van der Waals surface area contributed by atoms with E-state index in [1.807, 2.05) is 4.90 Å². The molecule has 2 aliphatic heterocycles. The molecule has 1 aromatic rings. The zero-order valence-electron chi connectivity index (χ0n) is 13.9. The largest absolute Gasteiger partial charge is 0.490 e. The Morgan fingerprint density at radius 2 is 2.29 bits per heavy atom. The van der Waals surface area contributed by atoms with Crippen molar-refractivity contribution in [3.63, 3.8) is 0 Å². The van der Waals surface area contributed by atoms with Gasteiger partial charge in [-0.1, -0.05) is 0 Å². The van der Waals surface area contributed by atoms with Gasteiger partial charge in [0.25, 0.3) is 5.56 Å². The minimum Gasteiger partial charge on any atom is -0.490 e. The van der Waals surface area contributed by atoms with Gasteiger partial charge in [0, 0.05) is 12.5 Å². The van der Waals surface area contributed by atoms with E-state index < -0.39 is 0 Å². The van der Waals surface area contributed by atoms with E-state index in [1.165, 1.54) is 13.3 Å². The number of ether oxygens (including phenoxy) is 2. The summed E-state index contributed by atoms with van der Waals surface area (Å²) in [5, 5.41) is 0. The smallest absolute Gasteiger partial charge is 0.293 e. The fourth-order valence-electron chi connectivity index (χ4n) is 4.38. The minimum absolute atomic E-state index is 0.0503. The average Bonchev–Trinajstić information content (AvgIpc) is 3.22. The molecule has 3 aliphatic rings. The number of amides is 1. The van der Waals surface area contributed by atoms with E-state index in [1.54, 1.807) is 0 Å². The Labute approximate surface area is 140 Å². The molecule has 1 N–H and O–H groups in total. The van der Waals surface area contributed by atoms with Gasteiger partial charge < -0.3 is 19.4 Å². The van der Waals surface area contributed by atoms with Crippen molar-refractivity contribution < 1.29 is 14.3 Å². The zero-order valence-corrected chi connectivity index (χ0v) is 13.9. The normalized spacial score (nSPS) is 32.1. The third kappa shape index (κ3) is 2.60. The standard InChI is InChI=1S/C17H23N3O4/c1-23-14-8-18-15(19-16(14)21)13-3-2-6-20(13)17(22)12-5-4-11-7-10(12)9-24-11/h8,10-13H,2-7,9H2,1H3,(H,18,19,21)/t10-,11+,12-,13?/m1/s1. The number of aromatic nitrogens is 2. The lowest BCUT2D eigenvalue weighted by Crippen LogP contribution is -2.41. The molecule has 0 spiro atoms. The molecule has 0 aromatic carbocycles. The van der Waals surface area contributed by atoms with Crippen molar-refractivity contribution in [3.8, 4) is 5.75 Å². The number of aromatic amines is 1. The van der Waals surface area contributed by atoms with Crippen LogP contribution in [0.5, 0.6) is 5.75 Å². The first-order valence-electron chi connectivity index (χ1n) is 8.72. The first-order valence-corrected chi connectivity index (χ1v) is 8.72. The Bertz CT molecular complexity index is 689. The van der Waals surface area contributed by atoms with Crippen LogP contribution in [0.1, 0.15) is 44.0 Å². The predicted octanol–water partition coefficient (Wildman–Crippen LogP) is 1.26.